The zero-order valence-corrected chi connectivity index (χ0v) is 18.0. The van der Waals surface area contributed by atoms with Crippen LogP contribution in [0.15, 0.2) is 85.1 Å². The van der Waals surface area contributed by atoms with Gasteiger partial charge in [-0.1, -0.05) is 80.6 Å². The van der Waals surface area contributed by atoms with E-state index in [0.29, 0.717) is 11.8 Å². The Balaban J connectivity index is 1.70. The van der Waals surface area contributed by atoms with Gasteiger partial charge in [0.05, 0.1) is 0 Å². The first kappa shape index (κ1) is 18.8. The SMILES string of the molecule is CC1(C)C2CC1C(c1ccccn1)C(P(=O)(c1ccccc1)c1ccccc1)C2. The van der Waals surface area contributed by atoms with E-state index in [1.807, 2.05) is 48.7 Å². The third-order valence-electron chi connectivity index (χ3n) is 7.70. The second-order valence-electron chi connectivity index (χ2n) is 9.27. The molecule has 4 atom stereocenters. The monoisotopic (exact) mass is 401 g/mol. The Hall–Kier alpha value is -2.18. The van der Waals surface area contributed by atoms with Gasteiger partial charge < -0.3 is 4.57 Å². The van der Waals surface area contributed by atoms with Crippen molar-refractivity contribution in [2.24, 2.45) is 17.3 Å². The smallest absolute Gasteiger partial charge is 0.146 e. The van der Waals surface area contributed by atoms with Crippen LogP contribution in [0.5, 0.6) is 0 Å². The van der Waals surface area contributed by atoms with Crippen LogP contribution < -0.4 is 10.6 Å². The Morgan fingerprint density at radius 1 is 0.828 bits per heavy atom. The Bertz CT molecular complexity index is 989. The summed E-state index contributed by atoms with van der Waals surface area (Å²) in [4.78, 5) is 4.77. The molecule has 0 N–H and O–H groups in total. The maximum Gasteiger partial charge on any atom is 0.146 e. The molecule has 0 amide bonds. The molecule has 0 aliphatic heterocycles. The van der Waals surface area contributed by atoms with Crippen LogP contribution >= 0.6 is 7.14 Å². The molecule has 4 unspecified atom stereocenters. The normalized spacial score (nSPS) is 27.8. The molecule has 29 heavy (non-hydrogen) atoms. The first-order valence-electron chi connectivity index (χ1n) is 10.6. The lowest BCUT2D eigenvalue weighted by Crippen LogP contribution is -2.57. The zero-order valence-electron chi connectivity index (χ0n) is 17.1. The van der Waals surface area contributed by atoms with Gasteiger partial charge in [-0.3, -0.25) is 4.98 Å². The molecule has 0 spiro atoms. The molecule has 0 saturated heterocycles. The van der Waals surface area contributed by atoms with Crippen molar-refractivity contribution in [1.29, 1.82) is 0 Å². The Kier molecular flexibility index (Phi) is 4.51. The summed E-state index contributed by atoms with van der Waals surface area (Å²) in [6.07, 6.45) is 4.13. The van der Waals surface area contributed by atoms with Gasteiger partial charge in [-0.2, -0.15) is 0 Å². The first-order chi connectivity index (χ1) is 14.0. The van der Waals surface area contributed by atoms with Gasteiger partial charge in [-0.05, 0) is 42.2 Å². The minimum atomic E-state index is -2.82. The standard InChI is InChI=1S/C26H28NOP/c1-26(2)19-17-22(26)25(23-15-9-10-16-27-23)24(18-19)29(28,20-11-5-3-6-12-20)21-13-7-4-8-14-21/h3-16,19,22,24-25H,17-18H2,1-2H3. The maximum atomic E-state index is 15.1. The summed E-state index contributed by atoms with van der Waals surface area (Å²) < 4.78 is 15.1. The fourth-order valence-electron chi connectivity index (χ4n) is 5.95. The van der Waals surface area contributed by atoms with Crippen LogP contribution in [-0.4, -0.2) is 10.6 Å². The van der Waals surface area contributed by atoms with E-state index in [2.05, 4.69) is 50.2 Å². The predicted molar refractivity (Wildman–Crippen MR) is 121 cm³/mol. The van der Waals surface area contributed by atoms with Crippen LogP contribution in [0.1, 0.15) is 38.3 Å². The first-order valence-corrected chi connectivity index (χ1v) is 12.4. The molecule has 0 radical (unpaired) electrons. The summed E-state index contributed by atoms with van der Waals surface area (Å²) in [5, 5.41) is 1.97. The van der Waals surface area contributed by atoms with Gasteiger partial charge >= 0.3 is 0 Å². The maximum absolute atomic E-state index is 15.1. The van der Waals surface area contributed by atoms with Crippen LogP contribution in [0.4, 0.5) is 0 Å². The van der Waals surface area contributed by atoms with Crippen LogP contribution in [0.3, 0.4) is 0 Å². The minimum absolute atomic E-state index is 0.0963. The van der Waals surface area contributed by atoms with Crippen molar-refractivity contribution in [1.82, 2.24) is 4.98 Å². The van der Waals surface area contributed by atoms with Crippen molar-refractivity contribution in [3.8, 4) is 0 Å². The molecule has 2 bridgehead atoms. The number of hydrogen-bond donors (Lipinski definition) is 0. The fourth-order valence-corrected chi connectivity index (χ4v) is 9.61. The second kappa shape index (κ2) is 6.96. The molecule has 6 rings (SSSR count). The molecule has 1 heterocycles. The van der Waals surface area contributed by atoms with Crippen molar-refractivity contribution < 1.29 is 4.57 Å². The van der Waals surface area contributed by atoms with Crippen molar-refractivity contribution >= 4 is 17.8 Å². The second-order valence-corrected chi connectivity index (χ2v) is 12.3. The topological polar surface area (TPSA) is 30.0 Å². The van der Waals surface area contributed by atoms with Crippen molar-refractivity contribution in [2.75, 3.05) is 0 Å². The molecule has 3 aliphatic rings. The quantitative estimate of drug-likeness (QED) is 0.532. The highest BCUT2D eigenvalue weighted by Crippen LogP contribution is 2.71. The van der Waals surface area contributed by atoms with Gasteiger partial charge in [0.15, 0.2) is 0 Å². The highest BCUT2D eigenvalue weighted by molar-refractivity contribution is 7.79. The molecule has 3 saturated carbocycles. The number of pyridine rings is 1. The number of aromatic nitrogens is 1. The average molecular weight is 401 g/mol. The van der Waals surface area contributed by atoms with Gasteiger partial charge in [-0.25, -0.2) is 0 Å². The van der Waals surface area contributed by atoms with Crippen molar-refractivity contribution in [3.63, 3.8) is 0 Å². The Morgan fingerprint density at radius 2 is 1.41 bits per heavy atom. The Labute approximate surface area is 173 Å². The van der Waals surface area contributed by atoms with Crippen LogP contribution in [0.2, 0.25) is 0 Å². The fraction of sp³-hybridized carbons (Fsp3) is 0.346. The molecule has 148 valence electrons. The summed E-state index contributed by atoms with van der Waals surface area (Å²) >= 11 is 0. The third kappa shape index (κ3) is 2.84. The van der Waals surface area contributed by atoms with E-state index in [1.165, 1.54) is 6.42 Å². The Morgan fingerprint density at radius 3 is 1.93 bits per heavy atom. The molecule has 3 heteroatoms. The number of fused-ring (bicyclic) bond motifs is 2. The van der Waals surface area contributed by atoms with E-state index in [4.69, 9.17) is 4.98 Å². The lowest BCUT2D eigenvalue weighted by atomic mass is 9.45. The molecule has 3 aliphatic carbocycles. The molecule has 2 aromatic carbocycles. The molecular formula is C26H28NOP. The third-order valence-corrected chi connectivity index (χ3v) is 11.3. The van der Waals surface area contributed by atoms with Crippen molar-refractivity contribution in [3.05, 3.63) is 90.8 Å². The molecular weight excluding hydrogens is 373 g/mol. The average Bonchev–Trinajstić information content (AvgIpc) is 2.79. The largest absolute Gasteiger partial charge is 0.313 e. The summed E-state index contributed by atoms with van der Waals surface area (Å²) in [6, 6.07) is 26.6. The number of hydrogen-bond acceptors (Lipinski definition) is 2. The van der Waals surface area contributed by atoms with Gasteiger partial charge in [0, 0.05) is 34.1 Å². The van der Waals surface area contributed by atoms with E-state index < -0.39 is 7.14 Å². The van der Waals surface area contributed by atoms with Gasteiger partial charge in [0.1, 0.15) is 7.14 Å². The molecule has 1 aromatic heterocycles. The van der Waals surface area contributed by atoms with Crippen LogP contribution in [-0.2, 0) is 4.57 Å². The molecule has 3 fully saturated rings. The van der Waals surface area contributed by atoms with Gasteiger partial charge in [-0.15, -0.1) is 0 Å². The van der Waals surface area contributed by atoms with Gasteiger partial charge in [0.25, 0.3) is 0 Å². The van der Waals surface area contributed by atoms with E-state index >= 15 is 4.57 Å². The van der Waals surface area contributed by atoms with E-state index in [9.17, 15) is 0 Å². The summed E-state index contributed by atoms with van der Waals surface area (Å²) in [5.74, 6) is 1.39. The van der Waals surface area contributed by atoms with Crippen LogP contribution in [0.25, 0.3) is 0 Å². The molecule has 3 aromatic rings. The van der Waals surface area contributed by atoms with E-state index in [-0.39, 0.29) is 17.0 Å². The predicted octanol–water partition coefficient (Wildman–Crippen LogP) is 5.61. The van der Waals surface area contributed by atoms with E-state index in [1.54, 1.807) is 0 Å². The number of rotatable bonds is 4. The van der Waals surface area contributed by atoms with E-state index in [0.717, 1.165) is 22.7 Å². The lowest BCUT2D eigenvalue weighted by Gasteiger charge is -2.63. The van der Waals surface area contributed by atoms with Gasteiger partial charge in [0.2, 0.25) is 0 Å². The number of benzene rings is 2. The van der Waals surface area contributed by atoms with Crippen LogP contribution in [0, 0.1) is 17.3 Å². The summed E-state index contributed by atoms with van der Waals surface area (Å²) in [7, 11) is -2.82. The number of nitrogens with zero attached hydrogens (tertiary/aromatic N) is 1. The highest BCUT2D eigenvalue weighted by Gasteiger charge is 2.62. The highest BCUT2D eigenvalue weighted by atomic mass is 31.2. The lowest BCUT2D eigenvalue weighted by molar-refractivity contribution is -0.0792. The minimum Gasteiger partial charge on any atom is -0.313 e. The zero-order chi connectivity index (χ0) is 20.1. The summed E-state index contributed by atoms with van der Waals surface area (Å²) in [6.45, 7) is 4.79. The summed E-state index contributed by atoms with van der Waals surface area (Å²) in [5.41, 5.74) is 1.50. The van der Waals surface area contributed by atoms with Crippen molar-refractivity contribution in [2.45, 2.75) is 38.3 Å². The molecule has 2 nitrogen and oxygen atoms in total.